The zero-order chi connectivity index (χ0) is 6.85. The molecule has 0 N–H and O–H groups in total. The number of hydrogen-bond acceptors (Lipinski definition) is 1. The lowest BCUT2D eigenvalue weighted by atomic mass is 10.5. The van der Waals surface area contributed by atoms with Crippen molar-refractivity contribution in [3.05, 3.63) is 18.0 Å². The van der Waals surface area contributed by atoms with Crippen molar-refractivity contribution in [2.75, 3.05) is 0 Å². The summed E-state index contributed by atoms with van der Waals surface area (Å²) in [5, 5.41) is 3.96. The van der Waals surface area contributed by atoms with Crippen molar-refractivity contribution in [2.24, 2.45) is 7.05 Å². The molecule has 0 aromatic carbocycles. The van der Waals surface area contributed by atoms with Gasteiger partial charge >= 0.3 is 0 Å². The van der Waals surface area contributed by atoms with E-state index in [1.807, 2.05) is 7.05 Å². The van der Waals surface area contributed by atoms with E-state index in [-0.39, 0.29) is 0 Å². The first kappa shape index (κ1) is 6.90. The maximum absolute atomic E-state index is 5.51. The second-order valence-corrected chi connectivity index (χ2v) is 2.81. The maximum atomic E-state index is 5.51. The van der Waals surface area contributed by atoms with Crippen LogP contribution in [0.3, 0.4) is 0 Å². The van der Waals surface area contributed by atoms with Gasteiger partial charge in [0, 0.05) is 13.2 Å². The minimum Gasteiger partial charge on any atom is -0.275 e. The quantitative estimate of drug-likeness (QED) is 0.581. The van der Waals surface area contributed by atoms with Crippen LogP contribution in [-0.2, 0) is 7.05 Å². The fourth-order valence-electron chi connectivity index (χ4n) is 0.549. The molecule has 0 aliphatic heterocycles. The van der Waals surface area contributed by atoms with Crippen molar-refractivity contribution >= 4 is 23.2 Å². The van der Waals surface area contributed by atoms with Crippen LogP contribution >= 0.6 is 23.2 Å². The van der Waals surface area contributed by atoms with Gasteiger partial charge in [0.15, 0.2) is 4.84 Å². The molecule has 0 unspecified atom stereocenters. The zero-order valence-corrected chi connectivity index (χ0v) is 6.39. The standard InChI is InChI=1S/C5H6Cl2N2/c1-9-3-2-4(8-9)5(6)7/h2-3,5H,1H3. The molecule has 50 valence electrons. The van der Waals surface area contributed by atoms with Crippen LogP contribution in [0.4, 0.5) is 0 Å². The number of nitrogens with zero attached hydrogens (tertiary/aromatic N) is 2. The highest BCUT2D eigenvalue weighted by Crippen LogP contribution is 2.21. The fourth-order valence-corrected chi connectivity index (χ4v) is 0.782. The molecular weight excluding hydrogens is 159 g/mol. The first-order valence-corrected chi connectivity index (χ1v) is 3.35. The van der Waals surface area contributed by atoms with Crippen LogP contribution in [0.1, 0.15) is 10.5 Å². The molecule has 9 heavy (non-hydrogen) atoms. The second kappa shape index (κ2) is 2.58. The monoisotopic (exact) mass is 164 g/mol. The highest BCUT2D eigenvalue weighted by atomic mass is 35.5. The molecule has 1 rings (SSSR count). The Labute approximate surface area is 63.4 Å². The Kier molecular flexibility index (Phi) is 1.98. The third-order valence-electron chi connectivity index (χ3n) is 0.958. The van der Waals surface area contributed by atoms with E-state index >= 15 is 0 Å². The molecule has 0 aliphatic carbocycles. The summed E-state index contributed by atoms with van der Waals surface area (Å²) >= 11 is 11.0. The smallest absolute Gasteiger partial charge is 0.151 e. The number of rotatable bonds is 1. The summed E-state index contributed by atoms with van der Waals surface area (Å²) in [4.78, 5) is -0.508. The molecule has 1 aromatic rings. The van der Waals surface area contributed by atoms with Crippen LogP contribution in [-0.4, -0.2) is 9.78 Å². The normalized spacial score (nSPS) is 10.7. The Morgan fingerprint density at radius 1 is 1.67 bits per heavy atom. The number of aromatic nitrogens is 2. The van der Waals surface area contributed by atoms with Gasteiger partial charge in [-0.15, -0.1) is 0 Å². The number of alkyl halides is 2. The molecule has 0 spiro atoms. The molecule has 0 saturated carbocycles. The van der Waals surface area contributed by atoms with Gasteiger partial charge < -0.3 is 0 Å². The van der Waals surface area contributed by atoms with Gasteiger partial charge in [0.25, 0.3) is 0 Å². The summed E-state index contributed by atoms with van der Waals surface area (Å²) in [6.07, 6.45) is 1.80. The van der Waals surface area contributed by atoms with Gasteiger partial charge in [-0.1, -0.05) is 23.2 Å². The van der Waals surface area contributed by atoms with E-state index in [1.54, 1.807) is 16.9 Å². The van der Waals surface area contributed by atoms with Gasteiger partial charge in [-0.2, -0.15) is 5.10 Å². The van der Waals surface area contributed by atoms with Crippen molar-refractivity contribution in [2.45, 2.75) is 4.84 Å². The van der Waals surface area contributed by atoms with Gasteiger partial charge in [0.2, 0.25) is 0 Å². The molecule has 0 bridgehead atoms. The maximum Gasteiger partial charge on any atom is 0.151 e. The lowest BCUT2D eigenvalue weighted by Gasteiger charge is -1.91. The Morgan fingerprint density at radius 2 is 2.33 bits per heavy atom. The van der Waals surface area contributed by atoms with E-state index in [0.717, 1.165) is 0 Å². The molecule has 0 radical (unpaired) electrons. The van der Waals surface area contributed by atoms with Gasteiger partial charge in [0.05, 0.1) is 5.69 Å². The van der Waals surface area contributed by atoms with Crippen molar-refractivity contribution in [1.82, 2.24) is 9.78 Å². The summed E-state index contributed by atoms with van der Waals surface area (Å²) in [7, 11) is 1.82. The van der Waals surface area contributed by atoms with E-state index in [2.05, 4.69) is 5.10 Å². The number of hydrogen-bond donors (Lipinski definition) is 0. The molecule has 1 heterocycles. The van der Waals surface area contributed by atoms with Crippen LogP contribution in [0.25, 0.3) is 0 Å². The minimum absolute atomic E-state index is 0.508. The first-order valence-electron chi connectivity index (χ1n) is 2.48. The van der Waals surface area contributed by atoms with E-state index in [1.165, 1.54) is 0 Å². The van der Waals surface area contributed by atoms with Crippen LogP contribution in [0.15, 0.2) is 12.3 Å². The average Bonchev–Trinajstić information content (AvgIpc) is 2.14. The third-order valence-corrected chi connectivity index (χ3v) is 1.40. The lowest BCUT2D eigenvalue weighted by molar-refractivity contribution is 0.752. The van der Waals surface area contributed by atoms with Crippen LogP contribution in [0.2, 0.25) is 0 Å². The highest BCUT2D eigenvalue weighted by Gasteiger charge is 2.04. The second-order valence-electron chi connectivity index (χ2n) is 1.71. The predicted octanol–water partition coefficient (Wildman–Crippen LogP) is 1.90. The minimum atomic E-state index is -0.508. The molecule has 2 nitrogen and oxygen atoms in total. The Bertz CT molecular complexity index is 195. The van der Waals surface area contributed by atoms with Crippen molar-refractivity contribution in [3.63, 3.8) is 0 Å². The Hall–Kier alpha value is -0.210. The van der Waals surface area contributed by atoms with Crippen LogP contribution in [0.5, 0.6) is 0 Å². The summed E-state index contributed by atoms with van der Waals surface area (Å²) in [6, 6.07) is 1.78. The molecular formula is C5H6Cl2N2. The van der Waals surface area contributed by atoms with E-state index in [4.69, 9.17) is 23.2 Å². The molecule has 0 atom stereocenters. The molecule has 0 amide bonds. The van der Waals surface area contributed by atoms with E-state index in [0.29, 0.717) is 5.69 Å². The zero-order valence-electron chi connectivity index (χ0n) is 4.88. The van der Waals surface area contributed by atoms with Gasteiger partial charge in [0.1, 0.15) is 0 Å². The third kappa shape index (κ3) is 1.60. The SMILES string of the molecule is Cn1ccc(C(Cl)Cl)n1. The highest BCUT2D eigenvalue weighted by molar-refractivity contribution is 6.43. The Balaban J connectivity index is 2.85. The van der Waals surface area contributed by atoms with Gasteiger partial charge in [-0.05, 0) is 6.07 Å². The van der Waals surface area contributed by atoms with Gasteiger partial charge in [-0.25, -0.2) is 0 Å². The Morgan fingerprint density at radius 3 is 2.56 bits per heavy atom. The molecule has 1 aromatic heterocycles. The van der Waals surface area contributed by atoms with Crippen molar-refractivity contribution in [1.29, 1.82) is 0 Å². The molecule has 0 aliphatic rings. The molecule has 0 saturated heterocycles. The van der Waals surface area contributed by atoms with E-state index < -0.39 is 4.84 Å². The summed E-state index contributed by atoms with van der Waals surface area (Å²) < 4.78 is 1.66. The molecule has 0 fully saturated rings. The van der Waals surface area contributed by atoms with Crippen LogP contribution < -0.4 is 0 Å². The summed E-state index contributed by atoms with van der Waals surface area (Å²) in [5.74, 6) is 0. The topological polar surface area (TPSA) is 17.8 Å². The largest absolute Gasteiger partial charge is 0.275 e. The number of aryl methyl sites for hydroxylation is 1. The summed E-state index contributed by atoms with van der Waals surface area (Å²) in [5.41, 5.74) is 0.695. The van der Waals surface area contributed by atoms with Gasteiger partial charge in [-0.3, -0.25) is 4.68 Å². The lowest BCUT2D eigenvalue weighted by Crippen LogP contribution is -1.89. The van der Waals surface area contributed by atoms with Crippen molar-refractivity contribution in [3.8, 4) is 0 Å². The van der Waals surface area contributed by atoms with E-state index in [9.17, 15) is 0 Å². The fraction of sp³-hybridized carbons (Fsp3) is 0.400. The number of halogens is 2. The molecule has 4 heteroatoms. The van der Waals surface area contributed by atoms with Crippen molar-refractivity contribution < 1.29 is 0 Å². The summed E-state index contributed by atoms with van der Waals surface area (Å²) in [6.45, 7) is 0. The first-order chi connectivity index (χ1) is 4.20. The predicted molar refractivity (Wildman–Crippen MR) is 37.7 cm³/mol. The van der Waals surface area contributed by atoms with Crippen LogP contribution in [0, 0.1) is 0 Å². The average molecular weight is 165 g/mol.